The van der Waals surface area contributed by atoms with Gasteiger partial charge in [-0.05, 0) is 27.7 Å². The molecule has 14 heavy (non-hydrogen) atoms. The van der Waals surface area contributed by atoms with Crippen LogP contribution in [0.4, 0.5) is 0 Å². The first-order valence-electron chi connectivity index (χ1n) is 4.66. The Bertz CT molecular complexity index is 303. The van der Waals surface area contributed by atoms with E-state index < -0.39 is 0 Å². The van der Waals surface area contributed by atoms with E-state index in [2.05, 4.69) is 4.98 Å². The Morgan fingerprint density at radius 3 is 2.21 bits per heavy atom. The quantitative estimate of drug-likeness (QED) is 0.718. The van der Waals surface area contributed by atoms with E-state index in [9.17, 15) is 0 Å². The van der Waals surface area contributed by atoms with Crippen LogP contribution in [-0.4, -0.2) is 16.2 Å². The molecule has 1 saturated heterocycles. The molecule has 0 saturated carbocycles. The zero-order valence-corrected chi connectivity index (χ0v) is 9.72. The number of hydrogen-bond donors (Lipinski definition) is 0. The molecule has 3 nitrogen and oxygen atoms in total. The molecule has 1 aromatic rings. The molecular weight excluding hydrogens is 198 g/mol. The van der Waals surface area contributed by atoms with Gasteiger partial charge in [-0.2, -0.15) is 0 Å². The number of thiazole rings is 1. The summed E-state index contributed by atoms with van der Waals surface area (Å²) in [5, 5.41) is 0. The molecule has 0 bridgehead atoms. The van der Waals surface area contributed by atoms with Crippen LogP contribution in [0.15, 0.2) is 11.7 Å². The van der Waals surface area contributed by atoms with Crippen molar-refractivity contribution in [2.45, 2.75) is 45.2 Å². The fraction of sp³-hybridized carbons (Fsp3) is 0.700. The van der Waals surface area contributed by atoms with Gasteiger partial charge < -0.3 is 9.47 Å². The smallest absolute Gasteiger partial charge is 0.196 e. The summed E-state index contributed by atoms with van der Waals surface area (Å²) in [5.74, 6) is 0. The largest absolute Gasteiger partial charge is 0.339 e. The summed E-state index contributed by atoms with van der Waals surface area (Å²) in [6.07, 6.45) is 1.54. The molecule has 0 radical (unpaired) electrons. The van der Waals surface area contributed by atoms with Crippen molar-refractivity contribution in [2.75, 3.05) is 0 Å². The molecule has 78 valence electrons. The molecule has 1 aliphatic rings. The maximum atomic E-state index is 5.86. The highest BCUT2D eigenvalue weighted by Crippen LogP contribution is 2.45. The third-order valence-corrected chi connectivity index (χ3v) is 3.73. The summed E-state index contributed by atoms with van der Waals surface area (Å²) in [7, 11) is 0. The maximum absolute atomic E-state index is 5.86. The van der Waals surface area contributed by atoms with Crippen LogP contribution in [0, 0.1) is 0 Å². The van der Waals surface area contributed by atoms with Crippen LogP contribution in [-0.2, 0) is 9.47 Å². The van der Waals surface area contributed by atoms with Gasteiger partial charge in [-0.25, -0.2) is 0 Å². The second kappa shape index (κ2) is 3.02. The average molecular weight is 213 g/mol. The van der Waals surface area contributed by atoms with Crippen molar-refractivity contribution in [3.8, 4) is 0 Å². The monoisotopic (exact) mass is 213 g/mol. The first kappa shape index (κ1) is 10.1. The fourth-order valence-corrected chi connectivity index (χ4v) is 1.87. The van der Waals surface area contributed by atoms with Crippen molar-refractivity contribution >= 4 is 11.3 Å². The zero-order chi connectivity index (χ0) is 10.4. The van der Waals surface area contributed by atoms with Gasteiger partial charge >= 0.3 is 0 Å². The standard InChI is InChI=1S/C10H15NO2S/c1-9(2)10(3,4)13-8(12-9)7-5-11-6-14-7/h5-6,8H,1-4H3. The summed E-state index contributed by atoms with van der Waals surface area (Å²) >= 11 is 1.56. The molecule has 0 amide bonds. The predicted molar refractivity (Wildman–Crippen MR) is 55.2 cm³/mol. The van der Waals surface area contributed by atoms with Crippen LogP contribution < -0.4 is 0 Å². The van der Waals surface area contributed by atoms with Crippen LogP contribution >= 0.6 is 11.3 Å². The molecule has 4 heteroatoms. The lowest BCUT2D eigenvalue weighted by Crippen LogP contribution is -2.41. The third-order valence-electron chi connectivity index (χ3n) is 2.94. The normalized spacial score (nSPS) is 25.4. The Labute approximate surface area is 88.1 Å². The van der Waals surface area contributed by atoms with E-state index in [1.165, 1.54) is 0 Å². The minimum Gasteiger partial charge on any atom is -0.339 e. The Hall–Kier alpha value is -0.450. The lowest BCUT2D eigenvalue weighted by atomic mass is 9.90. The van der Waals surface area contributed by atoms with Gasteiger partial charge in [-0.3, -0.25) is 4.98 Å². The number of aromatic nitrogens is 1. The topological polar surface area (TPSA) is 31.4 Å². The lowest BCUT2D eigenvalue weighted by Gasteiger charge is -2.30. The van der Waals surface area contributed by atoms with Gasteiger partial charge in [0.15, 0.2) is 6.29 Å². The third kappa shape index (κ3) is 1.47. The van der Waals surface area contributed by atoms with E-state index in [0.717, 1.165) is 4.88 Å². The van der Waals surface area contributed by atoms with Gasteiger partial charge in [0, 0.05) is 6.20 Å². The molecule has 1 fully saturated rings. The summed E-state index contributed by atoms with van der Waals surface area (Å²) < 4.78 is 11.7. The Balaban J connectivity index is 2.22. The van der Waals surface area contributed by atoms with E-state index in [1.54, 1.807) is 23.0 Å². The summed E-state index contributed by atoms with van der Waals surface area (Å²) in [6.45, 7) is 8.20. The summed E-state index contributed by atoms with van der Waals surface area (Å²) in [6, 6.07) is 0. The Morgan fingerprint density at radius 1 is 1.21 bits per heavy atom. The molecule has 0 unspecified atom stereocenters. The van der Waals surface area contributed by atoms with Crippen molar-refractivity contribution < 1.29 is 9.47 Å². The number of ether oxygens (including phenoxy) is 2. The van der Waals surface area contributed by atoms with Crippen LogP contribution in [0.2, 0.25) is 0 Å². The first-order chi connectivity index (χ1) is 6.42. The van der Waals surface area contributed by atoms with Gasteiger partial charge in [-0.15, -0.1) is 11.3 Å². The predicted octanol–water partition coefficient (Wildman–Crippen LogP) is 2.75. The second-order valence-corrected chi connectivity index (χ2v) is 5.41. The fourth-order valence-electron chi connectivity index (χ4n) is 1.30. The SMILES string of the molecule is CC1(C)OC(c2cncs2)OC1(C)C. The van der Waals surface area contributed by atoms with E-state index >= 15 is 0 Å². The van der Waals surface area contributed by atoms with Crippen LogP contribution in [0.5, 0.6) is 0 Å². The molecule has 0 spiro atoms. The summed E-state index contributed by atoms with van der Waals surface area (Å²) in [4.78, 5) is 5.05. The highest BCUT2D eigenvalue weighted by molar-refractivity contribution is 7.09. The van der Waals surface area contributed by atoms with Gasteiger partial charge in [0.2, 0.25) is 0 Å². The van der Waals surface area contributed by atoms with Crippen molar-refractivity contribution in [1.82, 2.24) is 4.98 Å². The average Bonchev–Trinajstić information content (AvgIpc) is 2.58. The van der Waals surface area contributed by atoms with E-state index in [1.807, 2.05) is 27.7 Å². The minimum absolute atomic E-state index is 0.257. The molecule has 0 atom stereocenters. The van der Waals surface area contributed by atoms with Crippen LogP contribution in [0.25, 0.3) is 0 Å². The molecule has 2 heterocycles. The van der Waals surface area contributed by atoms with Crippen LogP contribution in [0.3, 0.4) is 0 Å². The van der Waals surface area contributed by atoms with Crippen LogP contribution in [0.1, 0.15) is 38.9 Å². The van der Waals surface area contributed by atoms with E-state index in [0.29, 0.717) is 0 Å². The molecule has 1 aromatic heterocycles. The second-order valence-electron chi connectivity index (χ2n) is 4.49. The molecule has 1 aliphatic heterocycles. The lowest BCUT2D eigenvalue weighted by molar-refractivity contribution is -0.0872. The van der Waals surface area contributed by atoms with Crippen molar-refractivity contribution in [1.29, 1.82) is 0 Å². The van der Waals surface area contributed by atoms with Gasteiger partial charge in [0.05, 0.1) is 21.6 Å². The molecule has 0 N–H and O–H groups in total. The molecular formula is C10H15NO2S. The maximum Gasteiger partial charge on any atom is 0.196 e. The first-order valence-corrected chi connectivity index (χ1v) is 5.54. The van der Waals surface area contributed by atoms with E-state index in [-0.39, 0.29) is 17.5 Å². The van der Waals surface area contributed by atoms with Crippen molar-refractivity contribution in [3.63, 3.8) is 0 Å². The van der Waals surface area contributed by atoms with Crippen molar-refractivity contribution in [3.05, 3.63) is 16.6 Å². The zero-order valence-electron chi connectivity index (χ0n) is 8.90. The van der Waals surface area contributed by atoms with Gasteiger partial charge in [0.25, 0.3) is 0 Å². The molecule has 2 rings (SSSR count). The molecule has 0 aromatic carbocycles. The van der Waals surface area contributed by atoms with E-state index in [4.69, 9.17) is 9.47 Å². The van der Waals surface area contributed by atoms with Crippen molar-refractivity contribution in [2.24, 2.45) is 0 Å². The summed E-state index contributed by atoms with van der Waals surface area (Å²) in [5.41, 5.74) is 1.27. The number of nitrogens with zero attached hydrogens (tertiary/aromatic N) is 1. The molecule has 0 aliphatic carbocycles. The Kier molecular flexibility index (Phi) is 2.17. The van der Waals surface area contributed by atoms with Gasteiger partial charge in [-0.1, -0.05) is 0 Å². The Morgan fingerprint density at radius 2 is 1.79 bits per heavy atom. The van der Waals surface area contributed by atoms with Gasteiger partial charge in [0.1, 0.15) is 0 Å². The highest BCUT2D eigenvalue weighted by atomic mass is 32.1. The minimum atomic E-state index is -0.262. The number of hydrogen-bond acceptors (Lipinski definition) is 4. The highest BCUT2D eigenvalue weighted by Gasteiger charge is 2.49. The number of rotatable bonds is 1.